The molecule has 0 unspecified atom stereocenters. The maximum atomic E-state index is 2.58. The van der Waals surface area contributed by atoms with E-state index in [2.05, 4.69) is 34.5 Å². The molecule has 0 atom stereocenters. The zero-order chi connectivity index (χ0) is 10.8. The van der Waals surface area contributed by atoms with E-state index in [0.717, 1.165) is 6.54 Å². The molecule has 1 saturated heterocycles. The van der Waals surface area contributed by atoms with Gasteiger partial charge in [-0.15, -0.1) is 11.3 Å². The van der Waals surface area contributed by atoms with Crippen LogP contribution in [0.2, 0.25) is 0 Å². The molecule has 0 spiro atoms. The monoisotopic (exact) mass is 231 g/mol. The fraction of sp³-hybridized carbons (Fsp3) is 0.429. The normalized spacial score (nSPS) is 18.0. The van der Waals surface area contributed by atoms with Crippen LogP contribution in [0.3, 0.4) is 0 Å². The van der Waals surface area contributed by atoms with Crippen LogP contribution in [-0.2, 0) is 6.54 Å². The molecule has 1 aliphatic heterocycles. The van der Waals surface area contributed by atoms with Gasteiger partial charge in [0.05, 0.1) is 0 Å². The van der Waals surface area contributed by atoms with E-state index in [1.165, 1.54) is 48.0 Å². The smallest absolute Gasteiger partial charge is 0.0342 e. The molecular formula is C14H17NS. The van der Waals surface area contributed by atoms with Crippen LogP contribution in [0, 0.1) is 0 Å². The van der Waals surface area contributed by atoms with E-state index in [4.69, 9.17) is 0 Å². The van der Waals surface area contributed by atoms with E-state index in [-0.39, 0.29) is 0 Å². The Morgan fingerprint density at radius 2 is 1.94 bits per heavy atom. The van der Waals surface area contributed by atoms with Crippen LogP contribution in [0.4, 0.5) is 0 Å². The van der Waals surface area contributed by atoms with Gasteiger partial charge in [-0.05, 0) is 60.5 Å². The number of fused-ring (bicyclic) bond motifs is 1. The molecule has 0 bridgehead atoms. The molecule has 16 heavy (non-hydrogen) atoms. The van der Waals surface area contributed by atoms with Crippen LogP contribution in [0.25, 0.3) is 10.1 Å². The van der Waals surface area contributed by atoms with Crippen molar-refractivity contribution in [2.75, 3.05) is 13.1 Å². The second kappa shape index (κ2) is 4.56. The molecule has 2 heteroatoms. The molecule has 2 aromatic rings. The van der Waals surface area contributed by atoms with Crippen molar-refractivity contribution in [1.82, 2.24) is 4.90 Å². The molecule has 0 saturated carbocycles. The number of rotatable bonds is 2. The summed E-state index contributed by atoms with van der Waals surface area (Å²) in [7, 11) is 0. The Morgan fingerprint density at radius 1 is 1.06 bits per heavy atom. The molecule has 84 valence electrons. The number of thiophene rings is 1. The number of nitrogens with zero attached hydrogens (tertiary/aromatic N) is 1. The molecule has 0 radical (unpaired) electrons. The van der Waals surface area contributed by atoms with Gasteiger partial charge in [0.25, 0.3) is 0 Å². The van der Waals surface area contributed by atoms with E-state index < -0.39 is 0 Å². The van der Waals surface area contributed by atoms with Crippen LogP contribution in [0.15, 0.2) is 29.6 Å². The lowest BCUT2D eigenvalue weighted by Crippen LogP contribution is -2.28. The van der Waals surface area contributed by atoms with Crippen molar-refractivity contribution in [3.8, 4) is 0 Å². The van der Waals surface area contributed by atoms with Gasteiger partial charge in [-0.25, -0.2) is 0 Å². The molecule has 1 aliphatic rings. The van der Waals surface area contributed by atoms with Crippen LogP contribution in [-0.4, -0.2) is 18.0 Å². The summed E-state index contributed by atoms with van der Waals surface area (Å²) < 4.78 is 1.40. The van der Waals surface area contributed by atoms with Crippen molar-refractivity contribution in [2.45, 2.75) is 25.8 Å². The first-order valence-electron chi connectivity index (χ1n) is 6.10. The Labute approximate surface area is 101 Å². The first-order chi connectivity index (χ1) is 7.92. The van der Waals surface area contributed by atoms with Crippen LogP contribution >= 0.6 is 11.3 Å². The van der Waals surface area contributed by atoms with Crippen molar-refractivity contribution in [1.29, 1.82) is 0 Å². The number of benzene rings is 1. The van der Waals surface area contributed by atoms with E-state index in [0.29, 0.717) is 0 Å². The van der Waals surface area contributed by atoms with Gasteiger partial charge in [-0.2, -0.15) is 0 Å². The highest BCUT2D eigenvalue weighted by Gasteiger charge is 2.10. The summed E-state index contributed by atoms with van der Waals surface area (Å²) in [5, 5.41) is 3.58. The second-order valence-corrected chi connectivity index (χ2v) is 5.58. The topological polar surface area (TPSA) is 3.24 Å². The predicted molar refractivity (Wildman–Crippen MR) is 71.0 cm³/mol. The number of likely N-dealkylation sites (tertiary alicyclic amines) is 1. The van der Waals surface area contributed by atoms with E-state index in [1.807, 2.05) is 11.3 Å². The number of piperidine rings is 1. The summed E-state index contributed by atoms with van der Waals surface area (Å²) in [6, 6.07) is 9.12. The van der Waals surface area contributed by atoms with Gasteiger partial charge in [-0.1, -0.05) is 12.5 Å². The quantitative estimate of drug-likeness (QED) is 0.758. The summed E-state index contributed by atoms with van der Waals surface area (Å²) >= 11 is 1.83. The average Bonchev–Trinajstić information content (AvgIpc) is 2.77. The van der Waals surface area contributed by atoms with Gasteiger partial charge < -0.3 is 0 Å². The maximum Gasteiger partial charge on any atom is 0.0342 e. The Kier molecular flexibility index (Phi) is 2.94. The van der Waals surface area contributed by atoms with Gasteiger partial charge in [0.15, 0.2) is 0 Å². The lowest BCUT2D eigenvalue weighted by Gasteiger charge is -2.26. The molecule has 1 aromatic carbocycles. The third kappa shape index (κ3) is 2.13. The third-order valence-electron chi connectivity index (χ3n) is 3.37. The molecule has 0 aliphatic carbocycles. The van der Waals surface area contributed by atoms with E-state index in [9.17, 15) is 0 Å². The Morgan fingerprint density at radius 3 is 2.81 bits per heavy atom. The minimum Gasteiger partial charge on any atom is -0.299 e. The molecule has 1 fully saturated rings. The summed E-state index contributed by atoms with van der Waals surface area (Å²) in [5.41, 5.74) is 1.47. The highest BCUT2D eigenvalue weighted by atomic mass is 32.1. The fourth-order valence-electron chi connectivity index (χ4n) is 2.49. The molecule has 1 nitrogen and oxygen atoms in total. The SMILES string of the molecule is c1cc2cc(CN3CCCCC3)ccc2s1. The summed E-state index contributed by atoms with van der Waals surface area (Å²) in [6.07, 6.45) is 4.17. The summed E-state index contributed by atoms with van der Waals surface area (Å²) in [5.74, 6) is 0. The predicted octanol–water partition coefficient (Wildman–Crippen LogP) is 3.89. The van der Waals surface area contributed by atoms with Gasteiger partial charge in [0, 0.05) is 11.2 Å². The van der Waals surface area contributed by atoms with Crippen molar-refractivity contribution in [2.24, 2.45) is 0 Å². The molecule has 3 rings (SSSR count). The second-order valence-electron chi connectivity index (χ2n) is 4.63. The van der Waals surface area contributed by atoms with Crippen LogP contribution in [0.5, 0.6) is 0 Å². The van der Waals surface area contributed by atoms with Crippen molar-refractivity contribution in [3.05, 3.63) is 35.2 Å². The average molecular weight is 231 g/mol. The Balaban J connectivity index is 1.77. The summed E-state index contributed by atoms with van der Waals surface area (Å²) in [4.78, 5) is 2.58. The number of hydrogen-bond acceptors (Lipinski definition) is 2. The largest absolute Gasteiger partial charge is 0.299 e. The maximum absolute atomic E-state index is 2.58. The van der Waals surface area contributed by atoms with Crippen molar-refractivity contribution in [3.63, 3.8) is 0 Å². The molecular weight excluding hydrogens is 214 g/mol. The van der Waals surface area contributed by atoms with Crippen LogP contribution in [0.1, 0.15) is 24.8 Å². The molecule has 0 N–H and O–H groups in total. The number of hydrogen-bond donors (Lipinski definition) is 0. The lowest BCUT2D eigenvalue weighted by molar-refractivity contribution is 0.221. The third-order valence-corrected chi connectivity index (χ3v) is 4.27. The van der Waals surface area contributed by atoms with Crippen LogP contribution < -0.4 is 0 Å². The van der Waals surface area contributed by atoms with Gasteiger partial charge in [0.2, 0.25) is 0 Å². The zero-order valence-electron chi connectivity index (χ0n) is 9.48. The molecule has 2 heterocycles. The standard InChI is InChI=1S/C14H17NS/c1-2-7-15(8-3-1)11-12-4-5-14-13(10-12)6-9-16-14/h4-6,9-10H,1-3,7-8,11H2. The van der Waals surface area contributed by atoms with Gasteiger partial charge >= 0.3 is 0 Å². The molecule has 1 aromatic heterocycles. The first kappa shape index (κ1) is 10.3. The minimum atomic E-state index is 1.13. The minimum absolute atomic E-state index is 1.13. The molecule has 0 amide bonds. The highest BCUT2D eigenvalue weighted by Crippen LogP contribution is 2.23. The zero-order valence-corrected chi connectivity index (χ0v) is 10.3. The lowest BCUT2D eigenvalue weighted by atomic mass is 10.1. The van der Waals surface area contributed by atoms with Gasteiger partial charge in [0.1, 0.15) is 0 Å². The fourth-order valence-corrected chi connectivity index (χ4v) is 3.26. The van der Waals surface area contributed by atoms with Crippen molar-refractivity contribution >= 4 is 21.4 Å². The Bertz CT molecular complexity index is 468. The summed E-state index contributed by atoms with van der Waals surface area (Å²) in [6.45, 7) is 3.69. The van der Waals surface area contributed by atoms with Crippen molar-refractivity contribution < 1.29 is 0 Å². The Hall–Kier alpha value is -0.860. The highest BCUT2D eigenvalue weighted by molar-refractivity contribution is 7.17. The first-order valence-corrected chi connectivity index (χ1v) is 6.98. The van der Waals surface area contributed by atoms with E-state index >= 15 is 0 Å². The van der Waals surface area contributed by atoms with E-state index in [1.54, 1.807) is 0 Å². The van der Waals surface area contributed by atoms with Gasteiger partial charge in [-0.3, -0.25) is 4.90 Å².